The van der Waals surface area contributed by atoms with Gasteiger partial charge in [0.1, 0.15) is 0 Å². The number of ether oxygens (including phenoxy) is 2. The van der Waals surface area contributed by atoms with E-state index in [2.05, 4.69) is 17.4 Å². The smallest absolute Gasteiger partial charge is 0.243 e. The number of thioether (sulfide) groups is 1. The van der Waals surface area contributed by atoms with Crippen LogP contribution in [0, 0.1) is 0 Å². The summed E-state index contributed by atoms with van der Waals surface area (Å²) in [7, 11) is 0. The van der Waals surface area contributed by atoms with Gasteiger partial charge in [-0.2, -0.15) is 0 Å². The summed E-state index contributed by atoms with van der Waals surface area (Å²) in [6.07, 6.45) is 0.467. The van der Waals surface area contributed by atoms with Crippen LogP contribution in [0.3, 0.4) is 0 Å². The maximum absolute atomic E-state index is 12.3. The summed E-state index contributed by atoms with van der Waals surface area (Å²) in [6.45, 7) is 0.350. The number of nitrogens with one attached hydrogen (secondary N) is 2. The lowest BCUT2D eigenvalue weighted by atomic mass is 9.99. The Kier molecular flexibility index (Phi) is 11.5. The molecule has 1 aliphatic heterocycles. The van der Waals surface area contributed by atoms with Crippen molar-refractivity contribution in [1.82, 2.24) is 15.8 Å². The van der Waals surface area contributed by atoms with Crippen LogP contribution in [-0.4, -0.2) is 39.0 Å². The molecule has 48 heavy (non-hydrogen) atoms. The number of hydroxylamine groups is 1. The first kappa shape index (κ1) is 33.8. The predicted octanol–water partition coefficient (Wildman–Crippen LogP) is 7.09. The molecule has 0 radical (unpaired) electrons. The first-order valence-electron chi connectivity index (χ1n) is 15.9. The van der Waals surface area contributed by atoms with Gasteiger partial charge in [-0.1, -0.05) is 84.6 Å². The fourth-order valence-corrected chi connectivity index (χ4v) is 7.69. The Morgan fingerprint density at radius 2 is 1.62 bits per heavy atom. The van der Waals surface area contributed by atoms with Crippen LogP contribution < -0.4 is 10.8 Å². The maximum atomic E-state index is 12.3. The number of rotatable bonds is 13. The molecule has 11 heteroatoms. The van der Waals surface area contributed by atoms with Crippen LogP contribution in [0.4, 0.5) is 0 Å². The molecule has 5 aromatic rings. The molecule has 1 aromatic heterocycles. The van der Waals surface area contributed by atoms with Crippen molar-refractivity contribution in [3.05, 3.63) is 119 Å². The van der Waals surface area contributed by atoms with E-state index in [1.165, 1.54) is 4.70 Å². The van der Waals surface area contributed by atoms with E-state index in [1.54, 1.807) is 28.6 Å². The summed E-state index contributed by atoms with van der Waals surface area (Å²) in [4.78, 5) is 28.2. The molecule has 9 nitrogen and oxygen atoms in total. The summed E-state index contributed by atoms with van der Waals surface area (Å²) in [5.41, 5.74) is 8.33. The average molecular weight is 684 g/mol. The second-order valence-electron chi connectivity index (χ2n) is 11.6. The number of carbonyl (C=O) groups is 2. The van der Waals surface area contributed by atoms with E-state index >= 15 is 0 Å². The highest BCUT2D eigenvalue weighted by Gasteiger charge is 2.32. The maximum Gasteiger partial charge on any atom is 0.243 e. The van der Waals surface area contributed by atoms with Gasteiger partial charge in [0.05, 0.1) is 29.0 Å². The molecule has 4 aromatic carbocycles. The molecule has 0 spiro atoms. The van der Waals surface area contributed by atoms with E-state index in [-0.39, 0.29) is 37.6 Å². The molecule has 2 amide bonds. The number of carbonyl (C=O) groups excluding carboxylic acids is 2. The lowest BCUT2D eigenvalue weighted by molar-refractivity contribution is -0.245. The van der Waals surface area contributed by atoms with E-state index in [1.807, 2.05) is 84.9 Å². The molecular formula is C37H37N3O6S2. The second kappa shape index (κ2) is 16.3. The zero-order chi connectivity index (χ0) is 33.3. The van der Waals surface area contributed by atoms with Crippen LogP contribution in [0.25, 0.3) is 21.3 Å². The molecule has 1 fully saturated rings. The van der Waals surface area contributed by atoms with Crippen LogP contribution in [-0.2, 0) is 32.2 Å². The zero-order valence-corrected chi connectivity index (χ0v) is 27.8. The Morgan fingerprint density at radius 1 is 0.854 bits per heavy atom. The Bertz CT molecular complexity index is 1810. The van der Waals surface area contributed by atoms with E-state index in [0.717, 1.165) is 49.0 Å². The first-order valence-corrected chi connectivity index (χ1v) is 17.7. The average Bonchev–Trinajstić information content (AvgIpc) is 3.56. The number of nitrogens with zero attached hydrogens (tertiary/aromatic N) is 1. The van der Waals surface area contributed by atoms with Crippen molar-refractivity contribution in [2.45, 2.75) is 61.7 Å². The summed E-state index contributed by atoms with van der Waals surface area (Å²) in [5.74, 6) is 0.0662. The number of para-hydroxylation sites is 1. The fourth-order valence-electron chi connectivity index (χ4n) is 5.58. The number of hydrogen-bond acceptors (Lipinski definition) is 9. The van der Waals surface area contributed by atoms with Gasteiger partial charge in [-0.3, -0.25) is 14.8 Å². The third-order valence-corrected chi connectivity index (χ3v) is 10.4. The van der Waals surface area contributed by atoms with Gasteiger partial charge in [-0.15, -0.1) is 11.3 Å². The zero-order valence-electron chi connectivity index (χ0n) is 26.2. The number of aromatic nitrogens is 1. The van der Waals surface area contributed by atoms with Gasteiger partial charge in [0.2, 0.25) is 11.8 Å². The number of amides is 2. The largest absolute Gasteiger partial charge is 0.392 e. The Morgan fingerprint density at radius 3 is 2.42 bits per heavy atom. The predicted molar refractivity (Wildman–Crippen MR) is 186 cm³/mol. The number of hydrogen-bond donors (Lipinski definition) is 4. The van der Waals surface area contributed by atoms with Crippen LogP contribution in [0.2, 0.25) is 0 Å². The Hall–Kier alpha value is -4.10. The topological polar surface area (TPSA) is 130 Å². The molecule has 0 aliphatic carbocycles. The van der Waals surface area contributed by atoms with E-state index < -0.39 is 12.2 Å². The lowest BCUT2D eigenvalue weighted by Crippen LogP contribution is -2.31. The summed E-state index contributed by atoms with van der Waals surface area (Å²) in [6, 6.07) is 32.2. The molecule has 0 unspecified atom stereocenters. The Labute approximate surface area is 287 Å². The number of fused-ring (bicyclic) bond motifs is 1. The minimum atomic E-state index is -0.586. The normalized spacial score (nSPS) is 17.7. The van der Waals surface area contributed by atoms with Crippen LogP contribution in [0.1, 0.15) is 60.3 Å². The highest BCUT2D eigenvalue weighted by molar-refractivity contribution is 8.01. The minimum Gasteiger partial charge on any atom is -0.392 e. The molecule has 2 heterocycles. The van der Waals surface area contributed by atoms with Crippen molar-refractivity contribution in [3.8, 4) is 11.1 Å². The summed E-state index contributed by atoms with van der Waals surface area (Å²) in [5, 5.41) is 21.1. The molecule has 6 rings (SSSR count). The molecule has 3 atom stereocenters. The molecule has 248 valence electrons. The van der Waals surface area contributed by atoms with Crippen molar-refractivity contribution in [2.24, 2.45) is 0 Å². The summed E-state index contributed by atoms with van der Waals surface area (Å²) < 4.78 is 15.4. The van der Waals surface area contributed by atoms with Crippen molar-refractivity contribution in [2.75, 3.05) is 5.75 Å². The number of aliphatic hydroxyl groups excluding tert-OH is 1. The van der Waals surface area contributed by atoms with Crippen molar-refractivity contribution in [3.63, 3.8) is 0 Å². The van der Waals surface area contributed by atoms with Crippen molar-refractivity contribution < 1.29 is 29.4 Å². The van der Waals surface area contributed by atoms with E-state index in [9.17, 15) is 14.7 Å². The van der Waals surface area contributed by atoms with E-state index in [4.69, 9.17) is 19.7 Å². The van der Waals surface area contributed by atoms with Gasteiger partial charge < -0.3 is 19.9 Å². The molecular weight excluding hydrogens is 647 g/mol. The molecule has 1 saturated heterocycles. The van der Waals surface area contributed by atoms with Gasteiger partial charge in [-0.05, 0) is 58.5 Å². The van der Waals surface area contributed by atoms with Crippen LogP contribution in [0.5, 0.6) is 0 Å². The van der Waals surface area contributed by atoms with Gasteiger partial charge in [0.15, 0.2) is 10.6 Å². The van der Waals surface area contributed by atoms with Gasteiger partial charge in [0.25, 0.3) is 0 Å². The lowest BCUT2D eigenvalue weighted by Gasteiger charge is -2.36. The van der Waals surface area contributed by atoms with Crippen molar-refractivity contribution in [1.29, 1.82) is 0 Å². The molecule has 1 aliphatic rings. The van der Waals surface area contributed by atoms with E-state index in [0.29, 0.717) is 19.4 Å². The monoisotopic (exact) mass is 683 g/mol. The fraction of sp³-hybridized carbons (Fsp3) is 0.270. The van der Waals surface area contributed by atoms with Crippen LogP contribution in [0.15, 0.2) is 101 Å². The highest BCUT2D eigenvalue weighted by Crippen LogP contribution is 2.41. The number of benzene rings is 4. The Balaban J connectivity index is 1.16. The van der Waals surface area contributed by atoms with Gasteiger partial charge >= 0.3 is 0 Å². The standard InChI is InChI=1S/C37H37N3O6S2/c41-22-24-14-16-26(17-15-24)32-20-30(23-47-37-39-31-10-1-2-11-33(31)48-37)45-36(46-32)29-9-4-8-28(19-29)27-7-3-6-25(18-27)21-38-34(42)12-5-13-35(43)40-44/h1-4,6-11,14-19,30,32,36,41,44H,5,12-13,20-23H2,(H,38,42)(H,40,43)/t30-,32+,36+/m1/s1. The third kappa shape index (κ3) is 8.87. The first-order chi connectivity index (χ1) is 23.5. The van der Waals surface area contributed by atoms with Gasteiger partial charge in [-0.25, -0.2) is 10.5 Å². The number of thiazole rings is 1. The summed E-state index contributed by atoms with van der Waals surface area (Å²) >= 11 is 3.39. The molecule has 0 bridgehead atoms. The molecule has 4 N–H and O–H groups in total. The minimum absolute atomic E-state index is 0.00909. The third-order valence-electron chi connectivity index (χ3n) is 8.12. The molecule has 0 saturated carbocycles. The second-order valence-corrected chi connectivity index (χ2v) is 13.9. The quantitative estimate of drug-likeness (QED) is 0.0589. The highest BCUT2D eigenvalue weighted by atomic mass is 32.2. The SMILES string of the molecule is O=C(CCCC(=O)NCc1cccc(-c2cccc([C@H]3O[C@@H](CSc4nc5ccccc5s4)C[C@@H](c4ccc(CO)cc4)O3)c2)c1)NO. The number of aliphatic hydroxyl groups is 1. The van der Waals surface area contributed by atoms with Crippen molar-refractivity contribution >= 4 is 45.1 Å². The van der Waals surface area contributed by atoms with Gasteiger partial charge in [0, 0.05) is 37.1 Å². The van der Waals surface area contributed by atoms with Crippen LogP contribution >= 0.6 is 23.1 Å².